The Hall–Kier alpha value is -2.31. The number of carbonyl (C=O) groups excluding carboxylic acids is 1. The first-order valence-corrected chi connectivity index (χ1v) is 24.4. The van der Waals surface area contributed by atoms with Crippen molar-refractivity contribution in [3.63, 3.8) is 0 Å². The van der Waals surface area contributed by atoms with Crippen LogP contribution in [0.5, 0.6) is 0 Å². The van der Waals surface area contributed by atoms with Gasteiger partial charge in [-0.15, -0.1) is 0 Å². The molecule has 3 rings (SSSR count). The van der Waals surface area contributed by atoms with Crippen LogP contribution in [0.1, 0.15) is 107 Å². The normalized spacial score (nSPS) is 35.4. The van der Waals surface area contributed by atoms with Crippen LogP contribution in [-0.4, -0.2) is 179 Å². The number of aliphatic hydroxyl groups is 5. The summed E-state index contributed by atoms with van der Waals surface area (Å²) in [5.74, 6) is -3.05. The quantitative estimate of drug-likeness (QED) is 0.0480. The van der Waals surface area contributed by atoms with Crippen LogP contribution in [0.15, 0.2) is 24.3 Å². The van der Waals surface area contributed by atoms with Gasteiger partial charge in [-0.2, -0.15) is 13.2 Å². The topological polar surface area (TPSA) is 204 Å². The SMILES string of the molecule is CC[C@H]1OC(=O)[C@H](C)[C@@H](O[C@@H](CCOC)O[C@@H](C)[C@@H](C)O)[C@H](C)[C@@H](O[C@@H]2O[C@H](C)C[C@H](N(C)C)[C@H]2O)[C@](C)(O)C[C@@H](C)CN(CCCNC(=S)Nc2cccc(C(F)(F)F)c2)[C@H](C)[C@@H](O)[C@]1(C)O. The molecule has 0 saturated carbocycles. The molecular formula is C48H83F3N4O12S. The van der Waals surface area contributed by atoms with Crippen LogP contribution >= 0.6 is 12.2 Å². The second kappa shape index (κ2) is 26.4. The number of esters is 1. The first-order chi connectivity index (χ1) is 31.5. The number of nitrogens with one attached hydrogen (secondary N) is 2. The summed E-state index contributed by atoms with van der Waals surface area (Å²) < 4.78 is 77.5. The van der Waals surface area contributed by atoms with Gasteiger partial charge in [0.25, 0.3) is 0 Å². The third-order valence-electron chi connectivity index (χ3n) is 13.5. The van der Waals surface area contributed by atoms with Gasteiger partial charge in [-0.1, -0.05) is 26.8 Å². The van der Waals surface area contributed by atoms with Crippen molar-refractivity contribution in [2.45, 2.75) is 192 Å². The highest BCUT2D eigenvalue weighted by atomic mass is 32.1. The van der Waals surface area contributed by atoms with Crippen molar-refractivity contribution >= 4 is 29.0 Å². The van der Waals surface area contributed by atoms with E-state index in [1.165, 1.54) is 26.2 Å². The number of alkyl halides is 3. The fraction of sp³-hybridized carbons (Fsp3) is 0.833. The molecule has 394 valence electrons. The van der Waals surface area contributed by atoms with Crippen LogP contribution in [0, 0.1) is 17.8 Å². The summed E-state index contributed by atoms with van der Waals surface area (Å²) in [5, 5.41) is 65.1. The van der Waals surface area contributed by atoms with Crippen molar-refractivity contribution in [3.8, 4) is 0 Å². The predicted octanol–water partition coefficient (Wildman–Crippen LogP) is 4.91. The molecule has 0 unspecified atom stereocenters. The average molecular weight is 997 g/mol. The highest BCUT2D eigenvalue weighted by Crippen LogP contribution is 2.39. The molecule has 0 aliphatic carbocycles. The summed E-state index contributed by atoms with van der Waals surface area (Å²) in [6.07, 6.45) is -13.3. The number of carbonyl (C=O) groups is 1. The maximum Gasteiger partial charge on any atom is 0.416 e. The maximum atomic E-state index is 14.5. The molecule has 0 radical (unpaired) electrons. The zero-order valence-corrected chi connectivity index (χ0v) is 43.2. The maximum absolute atomic E-state index is 14.5. The van der Waals surface area contributed by atoms with Gasteiger partial charge in [0.2, 0.25) is 0 Å². The lowest BCUT2D eigenvalue weighted by atomic mass is 9.77. The van der Waals surface area contributed by atoms with E-state index in [0.717, 1.165) is 12.1 Å². The van der Waals surface area contributed by atoms with Gasteiger partial charge in [0.05, 0.1) is 54.2 Å². The average Bonchev–Trinajstić information content (AvgIpc) is 3.25. The summed E-state index contributed by atoms with van der Waals surface area (Å²) in [5.41, 5.74) is -4.32. The molecule has 1 aromatic carbocycles. The summed E-state index contributed by atoms with van der Waals surface area (Å²) >= 11 is 5.40. The molecule has 2 aliphatic heterocycles. The molecular weight excluding hydrogens is 914 g/mol. The smallest absolute Gasteiger partial charge is 0.416 e. The van der Waals surface area contributed by atoms with E-state index in [-0.39, 0.29) is 67.8 Å². The monoisotopic (exact) mass is 997 g/mol. The third-order valence-corrected chi connectivity index (χ3v) is 13.8. The fourth-order valence-corrected chi connectivity index (χ4v) is 9.69. The van der Waals surface area contributed by atoms with E-state index in [1.54, 1.807) is 48.5 Å². The lowest BCUT2D eigenvalue weighted by Gasteiger charge is -2.47. The first kappa shape index (κ1) is 60.0. The Labute approximate surface area is 407 Å². The first-order valence-electron chi connectivity index (χ1n) is 24.0. The highest BCUT2D eigenvalue weighted by Gasteiger charge is 2.51. The standard InChI is InChI=1S/C48H83F3N4O12S/c1-14-37-47(10,61)41(58)31(6)55(21-16-20-52-45(68)53-35-18-15-17-34(24-35)48(49,50)51)26-27(2)25-46(9,60)42(67-44-39(57)36(54(11)12)23-28(3)63-44)29(4)40(30(5)43(59)65-37)66-38(19-22-62-13)64-33(8)32(7)56/h15,17-18,24,27-33,36-42,44,56-58,60-61H,14,16,19-23,25-26H2,1-13H3,(H2,52,53,68)/t27-,28-,29+,30-,31-,32-,33+,36+,37-,38+,39-,40+,41-,42-,44+,46-,47-/m1/s1. The predicted molar refractivity (Wildman–Crippen MR) is 256 cm³/mol. The molecule has 68 heavy (non-hydrogen) atoms. The van der Waals surface area contributed by atoms with Gasteiger partial charge in [0.1, 0.15) is 23.9 Å². The van der Waals surface area contributed by atoms with Crippen molar-refractivity contribution in [2.24, 2.45) is 17.8 Å². The van der Waals surface area contributed by atoms with Crippen LogP contribution < -0.4 is 10.6 Å². The molecule has 0 aromatic heterocycles. The van der Waals surface area contributed by atoms with Crippen molar-refractivity contribution in [1.29, 1.82) is 0 Å². The van der Waals surface area contributed by atoms with E-state index in [9.17, 15) is 43.5 Å². The highest BCUT2D eigenvalue weighted by molar-refractivity contribution is 7.80. The van der Waals surface area contributed by atoms with Gasteiger partial charge < -0.3 is 69.5 Å². The lowest BCUT2D eigenvalue weighted by Crippen LogP contribution is -2.59. The summed E-state index contributed by atoms with van der Waals surface area (Å²) in [7, 11) is 5.23. The van der Waals surface area contributed by atoms with Gasteiger partial charge in [0, 0.05) is 56.9 Å². The molecule has 20 heteroatoms. The Balaban J connectivity index is 2.09. The number of halogens is 3. The molecule has 17 atom stereocenters. The Bertz CT molecular complexity index is 1700. The minimum atomic E-state index is -4.52. The number of ether oxygens (including phenoxy) is 6. The van der Waals surface area contributed by atoms with Crippen LogP contribution in [-0.2, 0) is 39.4 Å². The van der Waals surface area contributed by atoms with Gasteiger partial charge in [-0.05, 0) is 125 Å². The van der Waals surface area contributed by atoms with Crippen molar-refractivity contribution in [1.82, 2.24) is 15.1 Å². The van der Waals surface area contributed by atoms with Crippen molar-refractivity contribution in [3.05, 3.63) is 29.8 Å². The van der Waals surface area contributed by atoms with Crippen molar-refractivity contribution < 1.29 is 71.9 Å². The van der Waals surface area contributed by atoms with Gasteiger partial charge >= 0.3 is 12.1 Å². The van der Waals surface area contributed by atoms with E-state index >= 15 is 0 Å². The lowest BCUT2D eigenvalue weighted by molar-refractivity contribution is -0.306. The minimum Gasteiger partial charge on any atom is -0.459 e. The third kappa shape index (κ3) is 16.9. The molecule has 16 nitrogen and oxygen atoms in total. The van der Waals surface area contributed by atoms with Crippen molar-refractivity contribution in [2.75, 3.05) is 52.8 Å². The number of hydrogen-bond donors (Lipinski definition) is 7. The van der Waals surface area contributed by atoms with E-state index in [1.807, 2.05) is 37.7 Å². The molecule has 2 saturated heterocycles. The molecule has 7 N–H and O–H groups in total. The molecule has 0 bridgehead atoms. The van der Waals surface area contributed by atoms with Gasteiger partial charge in [0.15, 0.2) is 17.7 Å². The number of anilines is 1. The van der Waals surface area contributed by atoms with Crippen LogP contribution in [0.4, 0.5) is 18.9 Å². The number of aliphatic hydroxyl groups excluding tert-OH is 3. The van der Waals surface area contributed by atoms with Crippen LogP contribution in [0.2, 0.25) is 0 Å². The number of nitrogens with zero attached hydrogens (tertiary/aromatic N) is 2. The number of cyclic esters (lactones) is 1. The molecule has 2 fully saturated rings. The number of methoxy groups -OCH3 is 1. The van der Waals surface area contributed by atoms with Crippen LogP contribution in [0.25, 0.3) is 0 Å². The molecule has 0 spiro atoms. The second-order valence-electron chi connectivity index (χ2n) is 19.9. The van der Waals surface area contributed by atoms with Crippen LogP contribution in [0.3, 0.4) is 0 Å². The Morgan fingerprint density at radius 3 is 2.35 bits per heavy atom. The van der Waals surface area contributed by atoms with E-state index < -0.39 is 102 Å². The fourth-order valence-electron chi connectivity index (χ4n) is 9.47. The minimum absolute atomic E-state index is 0.0994. The van der Waals surface area contributed by atoms with E-state index in [2.05, 4.69) is 10.6 Å². The van der Waals surface area contributed by atoms with E-state index in [0.29, 0.717) is 19.4 Å². The van der Waals surface area contributed by atoms with E-state index in [4.69, 9.17) is 40.6 Å². The summed E-state index contributed by atoms with van der Waals surface area (Å²) in [6.45, 7) is 18.1. The number of hydrogen-bond acceptors (Lipinski definition) is 15. The number of likely N-dealkylation sites (N-methyl/N-ethyl adjacent to an activating group) is 1. The molecule has 2 heterocycles. The largest absolute Gasteiger partial charge is 0.459 e. The number of thiocarbonyl (C=S) groups is 1. The molecule has 0 amide bonds. The Morgan fingerprint density at radius 1 is 1.10 bits per heavy atom. The summed E-state index contributed by atoms with van der Waals surface area (Å²) in [4.78, 5) is 18.4. The molecule has 1 aromatic rings. The van der Waals surface area contributed by atoms with Gasteiger partial charge in [-0.3, -0.25) is 9.69 Å². The Morgan fingerprint density at radius 2 is 1.76 bits per heavy atom. The zero-order chi connectivity index (χ0) is 51.5. The zero-order valence-electron chi connectivity index (χ0n) is 42.4. The number of benzene rings is 1. The Kier molecular flexibility index (Phi) is 23.3. The van der Waals surface area contributed by atoms with Gasteiger partial charge in [-0.25, -0.2) is 0 Å². The number of rotatable bonds is 17. The molecule has 2 aliphatic rings. The summed E-state index contributed by atoms with van der Waals surface area (Å²) in [6, 6.07) is 3.61. The second-order valence-corrected chi connectivity index (χ2v) is 20.3.